The number of anilines is 1. The summed E-state index contributed by atoms with van der Waals surface area (Å²) in [5, 5.41) is 12.5. The highest BCUT2D eigenvalue weighted by Crippen LogP contribution is 2.24. The monoisotopic (exact) mass is 178 g/mol. The zero-order valence-electron chi connectivity index (χ0n) is 7.46. The van der Waals surface area contributed by atoms with E-state index in [0.29, 0.717) is 5.75 Å². The predicted molar refractivity (Wildman–Crippen MR) is 52.9 cm³/mol. The van der Waals surface area contributed by atoms with Crippen molar-refractivity contribution >= 4 is 5.69 Å². The Morgan fingerprint density at radius 1 is 1.46 bits per heavy atom. The molecule has 1 aromatic carbocycles. The van der Waals surface area contributed by atoms with Gasteiger partial charge in [0, 0.05) is 24.3 Å². The molecule has 3 heteroatoms. The Kier molecular flexibility index (Phi) is 2.10. The molecule has 0 bridgehead atoms. The molecule has 1 atom stereocenters. The van der Waals surface area contributed by atoms with Crippen LogP contribution in [0, 0.1) is 0 Å². The second-order valence-electron chi connectivity index (χ2n) is 3.52. The molecule has 1 aliphatic rings. The second kappa shape index (κ2) is 3.26. The highest BCUT2D eigenvalue weighted by Gasteiger charge is 2.12. The number of nitrogens with one attached hydrogen (secondary N) is 1. The summed E-state index contributed by atoms with van der Waals surface area (Å²) in [5.41, 5.74) is 8.10. The molecule has 13 heavy (non-hydrogen) atoms. The summed E-state index contributed by atoms with van der Waals surface area (Å²) in [6.45, 7) is 0.887. The van der Waals surface area contributed by atoms with Crippen molar-refractivity contribution in [3.8, 4) is 5.75 Å². The van der Waals surface area contributed by atoms with Gasteiger partial charge in [0.1, 0.15) is 5.75 Å². The molecule has 0 saturated heterocycles. The van der Waals surface area contributed by atoms with Gasteiger partial charge in [0.05, 0.1) is 0 Å². The van der Waals surface area contributed by atoms with Crippen LogP contribution in [0.4, 0.5) is 5.69 Å². The molecule has 0 fully saturated rings. The van der Waals surface area contributed by atoms with Crippen LogP contribution < -0.4 is 11.1 Å². The maximum Gasteiger partial charge on any atom is 0.117 e. The van der Waals surface area contributed by atoms with Crippen molar-refractivity contribution in [2.45, 2.75) is 18.9 Å². The Morgan fingerprint density at radius 2 is 2.31 bits per heavy atom. The molecule has 0 saturated carbocycles. The summed E-state index contributed by atoms with van der Waals surface area (Å²) in [5.74, 6) is 0.307. The smallest absolute Gasteiger partial charge is 0.117 e. The summed E-state index contributed by atoms with van der Waals surface area (Å²) in [6, 6.07) is 5.63. The van der Waals surface area contributed by atoms with E-state index in [1.165, 1.54) is 5.56 Å². The summed E-state index contributed by atoms with van der Waals surface area (Å²) in [4.78, 5) is 0. The number of phenols is 1. The predicted octanol–water partition coefficient (Wildman–Crippen LogP) is 1.08. The van der Waals surface area contributed by atoms with Gasteiger partial charge in [-0.1, -0.05) is 6.07 Å². The number of rotatable bonds is 0. The third kappa shape index (κ3) is 1.75. The van der Waals surface area contributed by atoms with Crippen LogP contribution in [0.1, 0.15) is 12.0 Å². The van der Waals surface area contributed by atoms with Crippen molar-refractivity contribution in [3.05, 3.63) is 23.8 Å². The van der Waals surface area contributed by atoms with E-state index in [1.54, 1.807) is 12.1 Å². The molecule has 0 spiro atoms. The average Bonchev–Trinajstić information content (AvgIpc) is 2.25. The van der Waals surface area contributed by atoms with Gasteiger partial charge in [-0.05, 0) is 24.5 Å². The zero-order valence-corrected chi connectivity index (χ0v) is 7.46. The first-order valence-electron chi connectivity index (χ1n) is 4.57. The number of hydrogen-bond acceptors (Lipinski definition) is 3. The number of phenolic OH excluding ortho intramolecular Hbond substituents is 1. The zero-order chi connectivity index (χ0) is 9.26. The Morgan fingerprint density at radius 3 is 3.15 bits per heavy atom. The molecule has 0 radical (unpaired) electrons. The Hall–Kier alpha value is -1.22. The lowest BCUT2D eigenvalue weighted by atomic mass is 10.0. The van der Waals surface area contributed by atoms with Crippen LogP contribution in [-0.2, 0) is 6.42 Å². The minimum atomic E-state index is 0.235. The molecule has 70 valence electrons. The second-order valence-corrected chi connectivity index (χ2v) is 3.52. The number of aromatic hydroxyl groups is 1. The molecule has 1 unspecified atom stereocenters. The van der Waals surface area contributed by atoms with Crippen LogP contribution >= 0.6 is 0 Å². The van der Waals surface area contributed by atoms with Crippen molar-refractivity contribution in [2.24, 2.45) is 5.73 Å². The average molecular weight is 178 g/mol. The maximum absolute atomic E-state index is 9.27. The fourth-order valence-corrected chi connectivity index (χ4v) is 1.68. The van der Waals surface area contributed by atoms with E-state index in [0.717, 1.165) is 25.1 Å². The standard InChI is InChI=1S/C10H14N2O/c11-8-3-4-12-10-6-9(13)2-1-7(10)5-8/h1-2,6,8,12-13H,3-5,11H2. The highest BCUT2D eigenvalue weighted by molar-refractivity contribution is 5.55. The summed E-state index contributed by atoms with van der Waals surface area (Å²) in [7, 11) is 0. The fourth-order valence-electron chi connectivity index (χ4n) is 1.68. The molecule has 0 aliphatic carbocycles. The first-order chi connectivity index (χ1) is 6.25. The molecular formula is C10H14N2O. The molecule has 0 amide bonds. The number of benzene rings is 1. The first kappa shape index (κ1) is 8.38. The van der Waals surface area contributed by atoms with Gasteiger partial charge in [-0.3, -0.25) is 0 Å². The van der Waals surface area contributed by atoms with E-state index in [9.17, 15) is 5.11 Å². The van der Waals surface area contributed by atoms with Gasteiger partial charge in [-0.15, -0.1) is 0 Å². The molecule has 4 N–H and O–H groups in total. The number of fused-ring (bicyclic) bond motifs is 1. The minimum absolute atomic E-state index is 0.235. The fraction of sp³-hybridized carbons (Fsp3) is 0.400. The van der Waals surface area contributed by atoms with Gasteiger partial charge in [-0.25, -0.2) is 0 Å². The van der Waals surface area contributed by atoms with Gasteiger partial charge in [0.15, 0.2) is 0 Å². The van der Waals surface area contributed by atoms with Crippen LogP contribution in [-0.4, -0.2) is 17.7 Å². The van der Waals surface area contributed by atoms with Crippen molar-refractivity contribution in [1.82, 2.24) is 0 Å². The molecule has 1 aromatic rings. The van der Waals surface area contributed by atoms with Crippen LogP contribution in [0.25, 0.3) is 0 Å². The van der Waals surface area contributed by atoms with E-state index in [1.807, 2.05) is 6.07 Å². The third-order valence-corrected chi connectivity index (χ3v) is 2.41. The quantitative estimate of drug-likeness (QED) is 0.557. The van der Waals surface area contributed by atoms with Crippen LogP contribution in [0.5, 0.6) is 5.75 Å². The highest BCUT2D eigenvalue weighted by atomic mass is 16.3. The Balaban J connectivity index is 2.34. The summed E-state index contributed by atoms with van der Waals surface area (Å²) in [6.07, 6.45) is 1.87. The van der Waals surface area contributed by atoms with Crippen LogP contribution in [0.3, 0.4) is 0 Å². The van der Waals surface area contributed by atoms with Crippen molar-refractivity contribution in [2.75, 3.05) is 11.9 Å². The molecule has 2 rings (SSSR count). The van der Waals surface area contributed by atoms with Crippen LogP contribution in [0.15, 0.2) is 18.2 Å². The van der Waals surface area contributed by atoms with Gasteiger partial charge in [0.25, 0.3) is 0 Å². The Bertz CT molecular complexity index is 312. The maximum atomic E-state index is 9.27. The van der Waals surface area contributed by atoms with E-state index in [2.05, 4.69) is 5.32 Å². The van der Waals surface area contributed by atoms with E-state index >= 15 is 0 Å². The topological polar surface area (TPSA) is 58.3 Å². The van der Waals surface area contributed by atoms with Crippen LogP contribution in [0.2, 0.25) is 0 Å². The van der Waals surface area contributed by atoms with E-state index in [-0.39, 0.29) is 6.04 Å². The largest absolute Gasteiger partial charge is 0.508 e. The molecule has 0 aromatic heterocycles. The first-order valence-corrected chi connectivity index (χ1v) is 4.57. The van der Waals surface area contributed by atoms with Crippen molar-refractivity contribution in [3.63, 3.8) is 0 Å². The normalized spacial score (nSPS) is 21.5. The SMILES string of the molecule is NC1CCNc2cc(O)ccc2C1. The van der Waals surface area contributed by atoms with Gasteiger partial charge in [0.2, 0.25) is 0 Å². The third-order valence-electron chi connectivity index (χ3n) is 2.41. The van der Waals surface area contributed by atoms with Gasteiger partial charge >= 0.3 is 0 Å². The van der Waals surface area contributed by atoms with Crippen molar-refractivity contribution in [1.29, 1.82) is 0 Å². The van der Waals surface area contributed by atoms with Crippen molar-refractivity contribution < 1.29 is 5.11 Å². The molecular weight excluding hydrogens is 164 g/mol. The molecule has 1 aliphatic heterocycles. The summed E-state index contributed by atoms with van der Waals surface area (Å²) >= 11 is 0. The molecule has 3 nitrogen and oxygen atoms in total. The number of hydrogen-bond donors (Lipinski definition) is 3. The minimum Gasteiger partial charge on any atom is -0.508 e. The Labute approximate surface area is 77.6 Å². The number of nitrogens with two attached hydrogens (primary N) is 1. The van der Waals surface area contributed by atoms with E-state index in [4.69, 9.17) is 5.73 Å². The summed E-state index contributed by atoms with van der Waals surface area (Å²) < 4.78 is 0. The van der Waals surface area contributed by atoms with E-state index < -0.39 is 0 Å². The lowest BCUT2D eigenvalue weighted by molar-refractivity contribution is 0.475. The lowest BCUT2D eigenvalue weighted by Crippen LogP contribution is -2.22. The lowest BCUT2D eigenvalue weighted by Gasteiger charge is -2.07. The van der Waals surface area contributed by atoms with Gasteiger partial charge in [-0.2, -0.15) is 0 Å². The van der Waals surface area contributed by atoms with Gasteiger partial charge < -0.3 is 16.2 Å². The molecule has 1 heterocycles.